The Morgan fingerprint density at radius 3 is 2.71 bits per heavy atom. The molecule has 2 aromatic rings. The molecule has 1 aromatic heterocycles. The Hall–Kier alpha value is -1.90. The zero-order chi connectivity index (χ0) is 15.6. The maximum absolute atomic E-state index is 11.9. The summed E-state index contributed by atoms with van der Waals surface area (Å²) in [5, 5.41) is 4.65. The fourth-order valence-corrected chi connectivity index (χ4v) is 2.11. The van der Waals surface area contributed by atoms with E-state index in [2.05, 4.69) is 11.0 Å². The number of rotatable bonds is 4. The highest BCUT2D eigenvalue weighted by Gasteiger charge is 2.17. The first kappa shape index (κ1) is 15.5. The molecule has 1 aromatic carbocycles. The van der Waals surface area contributed by atoms with E-state index in [4.69, 9.17) is 38.8 Å². The number of halogens is 2. The maximum atomic E-state index is 11.9. The van der Waals surface area contributed by atoms with Crippen molar-refractivity contribution in [3.05, 3.63) is 38.6 Å². The molecule has 7 heteroatoms. The van der Waals surface area contributed by atoms with E-state index in [9.17, 15) is 4.79 Å². The quantitative estimate of drug-likeness (QED) is 0.809. The normalized spacial score (nSPS) is 10.7. The van der Waals surface area contributed by atoms with Crippen LogP contribution in [0.15, 0.2) is 21.3 Å². The van der Waals surface area contributed by atoms with Gasteiger partial charge in [-0.15, -0.1) is 11.5 Å². The summed E-state index contributed by atoms with van der Waals surface area (Å²) in [7, 11) is 0. The number of benzene rings is 1. The van der Waals surface area contributed by atoms with Gasteiger partial charge in [-0.2, -0.15) is 4.68 Å². The summed E-state index contributed by atoms with van der Waals surface area (Å²) in [6, 6.07) is 2.95. The van der Waals surface area contributed by atoms with E-state index >= 15 is 0 Å². The van der Waals surface area contributed by atoms with Gasteiger partial charge in [0.1, 0.15) is 12.4 Å². The third-order valence-corrected chi connectivity index (χ3v) is 3.20. The van der Waals surface area contributed by atoms with E-state index in [1.165, 1.54) is 12.1 Å². The minimum Gasteiger partial charge on any atom is -0.479 e. The van der Waals surface area contributed by atoms with Crippen molar-refractivity contribution in [3.63, 3.8) is 0 Å². The van der Waals surface area contributed by atoms with Crippen molar-refractivity contribution in [1.29, 1.82) is 0 Å². The zero-order valence-electron chi connectivity index (χ0n) is 11.4. The van der Waals surface area contributed by atoms with Gasteiger partial charge in [0.25, 0.3) is 0 Å². The predicted molar refractivity (Wildman–Crippen MR) is 80.5 cm³/mol. The molecule has 0 aliphatic rings. The predicted octanol–water partition coefficient (Wildman–Crippen LogP) is 3.27. The molecule has 1 heterocycles. The monoisotopic (exact) mass is 326 g/mol. The molecule has 0 aliphatic heterocycles. The van der Waals surface area contributed by atoms with Crippen LogP contribution in [0.4, 0.5) is 0 Å². The highest BCUT2D eigenvalue weighted by molar-refractivity contribution is 6.36. The van der Waals surface area contributed by atoms with Crippen molar-refractivity contribution in [2.24, 2.45) is 0 Å². The molecule has 0 aliphatic carbocycles. The summed E-state index contributed by atoms with van der Waals surface area (Å²) in [4.78, 5) is 11.9. The minimum absolute atomic E-state index is 0.0258. The summed E-state index contributed by atoms with van der Waals surface area (Å²) >= 11 is 12.1. The number of ether oxygens (including phenoxy) is 1. The molecule has 5 nitrogen and oxygen atoms in total. The second kappa shape index (κ2) is 6.25. The Labute approximate surface area is 131 Å². The van der Waals surface area contributed by atoms with Crippen LogP contribution in [0.3, 0.4) is 0 Å². The van der Waals surface area contributed by atoms with Crippen LogP contribution in [0.1, 0.15) is 25.7 Å². The van der Waals surface area contributed by atoms with Crippen molar-refractivity contribution in [2.45, 2.75) is 19.8 Å². The lowest BCUT2D eigenvalue weighted by Gasteiger charge is -2.09. The van der Waals surface area contributed by atoms with Crippen LogP contribution in [-0.2, 0) is 0 Å². The number of nitrogens with zero attached hydrogens (tertiary/aromatic N) is 2. The Balaban J connectivity index is 2.53. The highest BCUT2D eigenvalue weighted by Crippen LogP contribution is 2.32. The van der Waals surface area contributed by atoms with Crippen molar-refractivity contribution < 1.29 is 9.15 Å². The third kappa shape index (κ3) is 3.23. The van der Waals surface area contributed by atoms with Crippen molar-refractivity contribution in [3.8, 4) is 23.8 Å². The van der Waals surface area contributed by atoms with Gasteiger partial charge in [0.15, 0.2) is 0 Å². The molecular formula is C14H12Cl2N2O3. The molecule has 110 valence electrons. The molecule has 0 bridgehead atoms. The van der Waals surface area contributed by atoms with Crippen LogP contribution in [-0.4, -0.2) is 16.4 Å². The van der Waals surface area contributed by atoms with E-state index in [-0.39, 0.29) is 17.5 Å². The largest absolute Gasteiger partial charge is 0.479 e. The van der Waals surface area contributed by atoms with E-state index in [0.29, 0.717) is 22.4 Å². The molecule has 21 heavy (non-hydrogen) atoms. The summed E-state index contributed by atoms with van der Waals surface area (Å²) in [6.07, 6.45) is 5.14. The molecule has 0 saturated heterocycles. The molecule has 0 fully saturated rings. The Kier molecular flexibility index (Phi) is 4.61. The molecule has 2 rings (SSSR count). The van der Waals surface area contributed by atoms with Crippen LogP contribution >= 0.6 is 23.2 Å². The first-order valence-corrected chi connectivity index (χ1v) is 6.85. The number of terminal acetylenes is 1. The smallest absolute Gasteiger partial charge is 0.442 e. The summed E-state index contributed by atoms with van der Waals surface area (Å²) in [6.45, 7) is 3.77. The second-order valence-corrected chi connectivity index (χ2v) is 5.31. The van der Waals surface area contributed by atoms with Crippen LogP contribution in [0.5, 0.6) is 5.75 Å². The lowest BCUT2D eigenvalue weighted by molar-refractivity contribution is 0.370. The van der Waals surface area contributed by atoms with Crippen LogP contribution in [0.25, 0.3) is 5.69 Å². The lowest BCUT2D eigenvalue weighted by atomic mass is 10.2. The summed E-state index contributed by atoms with van der Waals surface area (Å²) in [5.74, 6) is 2.30. The van der Waals surface area contributed by atoms with Gasteiger partial charge in [0.2, 0.25) is 5.89 Å². The standard InChI is InChI=1S/C14H12Cl2N2O3/c1-4-5-20-12-7-11(9(15)6-10(12)16)18-14(19)21-13(17-18)8(2)3/h1,6-8H,5H2,2-3H3. The molecule has 0 radical (unpaired) electrons. The van der Waals surface area contributed by atoms with Gasteiger partial charge in [-0.3, -0.25) is 0 Å². The first-order valence-electron chi connectivity index (χ1n) is 6.09. The van der Waals surface area contributed by atoms with Crippen molar-refractivity contribution >= 4 is 23.2 Å². The van der Waals surface area contributed by atoms with Gasteiger partial charge in [-0.25, -0.2) is 4.79 Å². The number of aromatic nitrogens is 2. The molecule has 0 unspecified atom stereocenters. The third-order valence-electron chi connectivity index (χ3n) is 2.60. The summed E-state index contributed by atoms with van der Waals surface area (Å²) < 4.78 is 11.4. The molecule has 0 atom stereocenters. The number of hydrogen-bond donors (Lipinski definition) is 0. The second-order valence-electron chi connectivity index (χ2n) is 4.50. The zero-order valence-corrected chi connectivity index (χ0v) is 12.9. The first-order chi connectivity index (χ1) is 9.93. The van der Waals surface area contributed by atoms with Crippen molar-refractivity contribution in [1.82, 2.24) is 9.78 Å². The van der Waals surface area contributed by atoms with Gasteiger partial charge in [0, 0.05) is 12.0 Å². The van der Waals surface area contributed by atoms with Gasteiger partial charge < -0.3 is 9.15 Å². The summed E-state index contributed by atoms with van der Waals surface area (Å²) in [5.41, 5.74) is 0.314. The maximum Gasteiger partial charge on any atom is 0.442 e. The van der Waals surface area contributed by atoms with E-state index in [1.54, 1.807) is 0 Å². The van der Waals surface area contributed by atoms with Crippen LogP contribution in [0.2, 0.25) is 10.0 Å². The van der Waals surface area contributed by atoms with Gasteiger partial charge in [-0.05, 0) is 6.07 Å². The van der Waals surface area contributed by atoms with Gasteiger partial charge >= 0.3 is 5.76 Å². The lowest BCUT2D eigenvalue weighted by Crippen LogP contribution is -2.14. The van der Waals surface area contributed by atoms with Crippen LogP contribution < -0.4 is 10.5 Å². The Bertz CT molecular complexity index is 757. The molecule has 0 amide bonds. The number of hydrogen-bond acceptors (Lipinski definition) is 4. The highest BCUT2D eigenvalue weighted by atomic mass is 35.5. The van der Waals surface area contributed by atoms with E-state index in [1.807, 2.05) is 13.8 Å². The molecular weight excluding hydrogens is 315 g/mol. The molecule has 0 spiro atoms. The van der Waals surface area contributed by atoms with E-state index in [0.717, 1.165) is 4.68 Å². The fraction of sp³-hybridized carbons (Fsp3) is 0.286. The molecule has 0 saturated carbocycles. The SMILES string of the molecule is C#CCOc1cc(-n2nc(C(C)C)oc2=O)c(Cl)cc1Cl. The van der Waals surface area contributed by atoms with E-state index < -0.39 is 5.76 Å². The fourth-order valence-electron chi connectivity index (χ4n) is 1.59. The Morgan fingerprint density at radius 1 is 1.43 bits per heavy atom. The molecule has 0 N–H and O–H groups in total. The topological polar surface area (TPSA) is 57.3 Å². The van der Waals surface area contributed by atoms with Crippen molar-refractivity contribution in [2.75, 3.05) is 6.61 Å². The average Bonchev–Trinajstić information content (AvgIpc) is 2.80. The Morgan fingerprint density at radius 2 is 2.14 bits per heavy atom. The van der Waals surface area contributed by atoms with Gasteiger partial charge in [-0.1, -0.05) is 43.0 Å². The average molecular weight is 327 g/mol. The minimum atomic E-state index is -0.633. The van der Waals surface area contributed by atoms with Gasteiger partial charge in [0.05, 0.1) is 15.7 Å². The van der Waals surface area contributed by atoms with Crippen LogP contribution in [0, 0.1) is 12.3 Å².